The zero-order chi connectivity index (χ0) is 18.1. The molecule has 0 unspecified atom stereocenters. The van der Waals surface area contributed by atoms with E-state index in [0.29, 0.717) is 31.1 Å². The largest absolute Gasteiger partial charge is 0.467 e. The summed E-state index contributed by atoms with van der Waals surface area (Å²) < 4.78 is 47.0. The summed E-state index contributed by atoms with van der Waals surface area (Å²) in [4.78, 5) is 4.44. The number of sulfonamides is 1. The van der Waals surface area contributed by atoms with Gasteiger partial charge in [-0.2, -0.15) is 4.31 Å². The molecule has 0 saturated carbocycles. The van der Waals surface area contributed by atoms with Crippen LogP contribution in [0.4, 0.5) is 4.39 Å². The molecule has 0 atom stereocenters. The van der Waals surface area contributed by atoms with Gasteiger partial charge in [0.1, 0.15) is 11.9 Å². The number of ether oxygens (including phenoxy) is 1. The Morgan fingerprint density at radius 2 is 1.88 bits per heavy atom. The summed E-state index contributed by atoms with van der Waals surface area (Å²) in [5.41, 5.74) is 0.901. The predicted molar refractivity (Wildman–Crippen MR) is 98.4 cm³/mol. The fraction of sp³-hybridized carbons (Fsp3) is 0.278. The number of piperidine rings is 1. The van der Waals surface area contributed by atoms with E-state index in [1.54, 1.807) is 0 Å². The minimum Gasteiger partial charge on any atom is -0.467 e. The van der Waals surface area contributed by atoms with Crippen LogP contribution >= 0.6 is 11.3 Å². The number of nitrogens with zero attached hydrogens (tertiary/aromatic N) is 2. The second kappa shape index (κ2) is 6.94. The van der Waals surface area contributed by atoms with Crippen molar-refractivity contribution in [3.05, 3.63) is 54.3 Å². The molecule has 2 aromatic carbocycles. The molecule has 136 valence electrons. The Morgan fingerprint density at radius 3 is 2.62 bits per heavy atom. The van der Waals surface area contributed by atoms with Gasteiger partial charge in [0.05, 0.1) is 15.1 Å². The second-order valence-electron chi connectivity index (χ2n) is 6.13. The van der Waals surface area contributed by atoms with Gasteiger partial charge in [-0.25, -0.2) is 17.8 Å². The number of hydrogen-bond acceptors (Lipinski definition) is 5. The number of aromatic nitrogens is 1. The number of para-hydroxylation sites is 1. The van der Waals surface area contributed by atoms with Gasteiger partial charge in [-0.15, -0.1) is 0 Å². The lowest BCUT2D eigenvalue weighted by molar-refractivity contribution is 0.135. The van der Waals surface area contributed by atoms with Crippen LogP contribution in [0.5, 0.6) is 5.19 Å². The summed E-state index contributed by atoms with van der Waals surface area (Å²) >= 11 is 1.49. The summed E-state index contributed by atoms with van der Waals surface area (Å²) in [6, 6.07) is 12.9. The molecule has 0 spiro atoms. The van der Waals surface area contributed by atoms with Crippen LogP contribution in [0.15, 0.2) is 53.4 Å². The Balaban J connectivity index is 1.42. The number of halogens is 1. The van der Waals surface area contributed by atoms with Gasteiger partial charge in [-0.1, -0.05) is 29.5 Å². The van der Waals surface area contributed by atoms with Crippen molar-refractivity contribution in [2.75, 3.05) is 13.1 Å². The number of hydrogen-bond donors (Lipinski definition) is 0. The first-order chi connectivity index (χ1) is 12.5. The van der Waals surface area contributed by atoms with Gasteiger partial charge in [0, 0.05) is 13.1 Å². The molecule has 2 heterocycles. The monoisotopic (exact) mass is 392 g/mol. The highest BCUT2D eigenvalue weighted by Gasteiger charge is 2.30. The minimum atomic E-state index is -3.68. The number of rotatable bonds is 4. The van der Waals surface area contributed by atoms with Crippen molar-refractivity contribution in [1.29, 1.82) is 0 Å². The van der Waals surface area contributed by atoms with E-state index < -0.39 is 15.8 Å². The topological polar surface area (TPSA) is 59.5 Å². The van der Waals surface area contributed by atoms with E-state index >= 15 is 0 Å². The van der Waals surface area contributed by atoms with Crippen LogP contribution in [0.3, 0.4) is 0 Å². The van der Waals surface area contributed by atoms with Crippen LogP contribution in [-0.2, 0) is 10.0 Å². The van der Waals surface area contributed by atoms with Crippen molar-refractivity contribution in [3.8, 4) is 5.19 Å². The standard InChI is InChI=1S/C18H17FN2O3S2/c19-13-4-3-5-15(12-13)26(22,23)21-10-8-14(9-11-21)24-18-20-16-6-1-2-7-17(16)25-18/h1-7,12,14H,8-11H2. The smallest absolute Gasteiger partial charge is 0.274 e. The highest BCUT2D eigenvalue weighted by Crippen LogP contribution is 2.30. The molecule has 26 heavy (non-hydrogen) atoms. The predicted octanol–water partition coefficient (Wildman–Crippen LogP) is 3.67. The van der Waals surface area contributed by atoms with Crippen molar-refractivity contribution < 1.29 is 17.5 Å². The van der Waals surface area contributed by atoms with Gasteiger partial charge in [0.25, 0.3) is 5.19 Å². The van der Waals surface area contributed by atoms with Gasteiger partial charge in [-0.3, -0.25) is 0 Å². The lowest BCUT2D eigenvalue weighted by Gasteiger charge is -2.30. The lowest BCUT2D eigenvalue weighted by Crippen LogP contribution is -2.41. The van der Waals surface area contributed by atoms with Crippen molar-refractivity contribution in [1.82, 2.24) is 9.29 Å². The van der Waals surface area contributed by atoms with Crippen LogP contribution in [0.1, 0.15) is 12.8 Å². The first kappa shape index (κ1) is 17.4. The third-order valence-corrected chi connectivity index (χ3v) is 7.20. The van der Waals surface area contributed by atoms with E-state index in [0.717, 1.165) is 16.3 Å². The molecular weight excluding hydrogens is 375 g/mol. The highest BCUT2D eigenvalue weighted by atomic mass is 32.2. The van der Waals surface area contributed by atoms with Gasteiger partial charge < -0.3 is 4.74 Å². The van der Waals surface area contributed by atoms with Gasteiger partial charge in [0.2, 0.25) is 10.0 Å². The van der Waals surface area contributed by atoms with Crippen LogP contribution in [-0.4, -0.2) is 36.9 Å². The van der Waals surface area contributed by atoms with Crippen molar-refractivity contribution in [2.45, 2.75) is 23.8 Å². The quantitative estimate of drug-likeness (QED) is 0.680. The lowest BCUT2D eigenvalue weighted by atomic mass is 10.1. The van der Waals surface area contributed by atoms with Gasteiger partial charge in [-0.05, 0) is 43.2 Å². The molecule has 0 radical (unpaired) electrons. The molecule has 1 aromatic heterocycles. The molecule has 1 aliphatic rings. The minimum absolute atomic E-state index is 0.0111. The maximum absolute atomic E-state index is 13.3. The summed E-state index contributed by atoms with van der Waals surface area (Å²) in [7, 11) is -3.68. The van der Waals surface area contributed by atoms with Crippen molar-refractivity contribution in [2.24, 2.45) is 0 Å². The maximum Gasteiger partial charge on any atom is 0.274 e. The Labute approximate surface area is 155 Å². The molecule has 0 aliphatic carbocycles. The van der Waals surface area contributed by atoms with E-state index in [4.69, 9.17) is 4.74 Å². The van der Waals surface area contributed by atoms with Crippen molar-refractivity contribution >= 4 is 31.6 Å². The Kier molecular flexibility index (Phi) is 4.64. The van der Waals surface area contributed by atoms with E-state index in [-0.39, 0.29) is 11.0 Å². The number of fused-ring (bicyclic) bond motifs is 1. The summed E-state index contributed by atoms with van der Waals surface area (Å²) in [5, 5.41) is 0.609. The average Bonchev–Trinajstić information content (AvgIpc) is 3.04. The molecular formula is C18H17FN2O3S2. The average molecular weight is 392 g/mol. The van der Waals surface area contributed by atoms with Crippen LogP contribution in [0.25, 0.3) is 10.2 Å². The Morgan fingerprint density at radius 1 is 1.12 bits per heavy atom. The zero-order valence-corrected chi connectivity index (χ0v) is 15.5. The Hall–Kier alpha value is -2.03. The van der Waals surface area contributed by atoms with Crippen molar-refractivity contribution in [3.63, 3.8) is 0 Å². The molecule has 1 aliphatic heterocycles. The number of benzene rings is 2. The molecule has 1 fully saturated rings. The molecule has 8 heteroatoms. The third-order valence-electron chi connectivity index (χ3n) is 4.38. The van der Waals surface area contributed by atoms with E-state index in [1.165, 1.54) is 33.8 Å². The normalized spacial score (nSPS) is 16.8. The molecule has 0 amide bonds. The summed E-state index contributed by atoms with van der Waals surface area (Å²) in [5.74, 6) is -0.555. The molecule has 3 aromatic rings. The zero-order valence-electron chi connectivity index (χ0n) is 13.8. The van der Waals surface area contributed by atoms with Gasteiger partial charge in [0.15, 0.2) is 0 Å². The highest BCUT2D eigenvalue weighted by molar-refractivity contribution is 7.89. The summed E-state index contributed by atoms with van der Waals surface area (Å²) in [6.45, 7) is 0.683. The van der Waals surface area contributed by atoms with E-state index in [1.807, 2.05) is 24.3 Å². The maximum atomic E-state index is 13.3. The third kappa shape index (κ3) is 3.44. The first-order valence-corrected chi connectivity index (χ1v) is 10.6. The van der Waals surface area contributed by atoms with E-state index in [2.05, 4.69) is 4.98 Å². The molecule has 0 bridgehead atoms. The van der Waals surface area contributed by atoms with E-state index in [9.17, 15) is 12.8 Å². The van der Waals surface area contributed by atoms with Crippen LogP contribution < -0.4 is 4.74 Å². The van der Waals surface area contributed by atoms with Crippen LogP contribution in [0.2, 0.25) is 0 Å². The molecule has 0 N–H and O–H groups in total. The van der Waals surface area contributed by atoms with Gasteiger partial charge >= 0.3 is 0 Å². The fourth-order valence-electron chi connectivity index (χ4n) is 3.01. The fourth-order valence-corrected chi connectivity index (χ4v) is 5.39. The van der Waals surface area contributed by atoms with Crippen LogP contribution in [0, 0.1) is 5.82 Å². The molecule has 4 rings (SSSR count). The SMILES string of the molecule is O=S(=O)(c1cccc(F)c1)N1CCC(Oc2nc3ccccc3s2)CC1. The Bertz CT molecular complexity index is 995. The number of thiazole rings is 1. The molecule has 1 saturated heterocycles. The first-order valence-electron chi connectivity index (χ1n) is 8.30. The summed E-state index contributed by atoms with van der Waals surface area (Å²) in [6.07, 6.45) is 1.07. The second-order valence-corrected chi connectivity index (χ2v) is 9.06. The molecule has 5 nitrogen and oxygen atoms in total.